The maximum atomic E-state index is 12.5. The lowest BCUT2D eigenvalue weighted by Gasteiger charge is -2.22. The van der Waals surface area contributed by atoms with E-state index in [1.807, 2.05) is 4.90 Å². The zero-order valence-electron chi connectivity index (χ0n) is 14.3. The topological polar surface area (TPSA) is 78.4 Å². The first-order valence-electron chi connectivity index (χ1n) is 8.74. The van der Waals surface area contributed by atoms with E-state index in [-0.39, 0.29) is 17.9 Å². The predicted molar refractivity (Wildman–Crippen MR) is 94.3 cm³/mol. The number of carbonyl (C=O) groups excluding carboxylic acids is 2. The average Bonchev–Trinajstić information content (AvgIpc) is 3.25. The van der Waals surface area contributed by atoms with Crippen molar-refractivity contribution in [1.29, 1.82) is 0 Å². The maximum Gasteiger partial charge on any atom is 0.242 e. The van der Waals surface area contributed by atoms with Gasteiger partial charge in [-0.3, -0.25) is 14.5 Å². The molecule has 3 rings (SSSR count). The van der Waals surface area contributed by atoms with Crippen molar-refractivity contribution in [3.8, 4) is 0 Å². The molecule has 0 radical (unpaired) electrons. The molecule has 1 aromatic rings. The van der Waals surface area contributed by atoms with Gasteiger partial charge < -0.3 is 10.2 Å². The second-order valence-corrected chi connectivity index (χ2v) is 7.78. The molecule has 0 aromatic carbocycles. The summed E-state index contributed by atoms with van der Waals surface area (Å²) in [5.74, 6) is 0.762. The Kier molecular flexibility index (Phi) is 5.33. The van der Waals surface area contributed by atoms with Crippen LogP contribution in [0.15, 0.2) is 0 Å². The minimum Gasteiger partial charge on any atom is -0.354 e. The van der Waals surface area contributed by atoms with Crippen LogP contribution in [-0.4, -0.2) is 47.7 Å². The monoisotopic (exact) mass is 351 g/mol. The highest BCUT2D eigenvalue weighted by Crippen LogP contribution is 2.33. The van der Waals surface area contributed by atoms with Crippen LogP contribution >= 0.6 is 11.3 Å². The van der Waals surface area contributed by atoms with Gasteiger partial charge in [-0.05, 0) is 31.6 Å². The number of hydrogen-bond donors (Lipinski definition) is 1. The van der Waals surface area contributed by atoms with Crippen molar-refractivity contribution in [3.05, 3.63) is 0 Å². The molecule has 1 atom stereocenters. The highest BCUT2D eigenvalue weighted by molar-refractivity contribution is 7.19. The van der Waals surface area contributed by atoms with E-state index in [0.717, 1.165) is 37.4 Å². The summed E-state index contributed by atoms with van der Waals surface area (Å²) in [5.41, 5.74) is 0. The molecule has 7 nitrogen and oxygen atoms in total. The van der Waals surface area contributed by atoms with Gasteiger partial charge in [-0.25, -0.2) is 0 Å². The van der Waals surface area contributed by atoms with Gasteiger partial charge in [-0.15, -0.1) is 10.2 Å². The van der Waals surface area contributed by atoms with Gasteiger partial charge in [0.2, 0.25) is 22.1 Å². The summed E-state index contributed by atoms with van der Waals surface area (Å²) < 4.78 is 0. The van der Waals surface area contributed by atoms with Crippen LogP contribution in [-0.2, 0) is 9.59 Å². The maximum absolute atomic E-state index is 12.5. The fraction of sp³-hybridized carbons (Fsp3) is 0.750. The van der Waals surface area contributed by atoms with Crippen LogP contribution in [0.2, 0.25) is 0 Å². The Balaban J connectivity index is 1.64. The van der Waals surface area contributed by atoms with E-state index in [9.17, 15) is 9.59 Å². The third-order valence-corrected chi connectivity index (χ3v) is 5.51. The lowest BCUT2D eigenvalue weighted by molar-refractivity contribution is -0.122. The SMILES string of the molecule is CC(C)CCNC(=O)C1CCCN1c1nnc(N2CCCC2=O)s1. The summed E-state index contributed by atoms with van der Waals surface area (Å²) in [6, 6.07) is -0.174. The molecule has 1 N–H and O–H groups in total. The van der Waals surface area contributed by atoms with Crippen molar-refractivity contribution in [1.82, 2.24) is 15.5 Å². The zero-order chi connectivity index (χ0) is 17.1. The molecule has 132 valence electrons. The Bertz CT molecular complexity index is 603. The molecule has 0 aliphatic carbocycles. The van der Waals surface area contributed by atoms with Crippen molar-refractivity contribution in [2.75, 3.05) is 29.4 Å². The molecule has 2 amide bonds. The molecule has 2 saturated heterocycles. The molecule has 0 spiro atoms. The van der Waals surface area contributed by atoms with Crippen molar-refractivity contribution in [2.24, 2.45) is 5.92 Å². The number of nitrogens with one attached hydrogen (secondary N) is 1. The number of amides is 2. The van der Waals surface area contributed by atoms with Crippen LogP contribution in [0, 0.1) is 5.92 Å². The lowest BCUT2D eigenvalue weighted by atomic mass is 10.1. The molecule has 2 fully saturated rings. The minimum absolute atomic E-state index is 0.0714. The van der Waals surface area contributed by atoms with E-state index in [1.165, 1.54) is 11.3 Å². The molecule has 0 bridgehead atoms. The summed E-state index contributed by atoms with van der Waals surface area (Å²) in [6.07, 6.45) is 4.25. The Labute approximate surface area is 146 Å². The number of nitrogens with zero attached hydrogens (tertiary/aromatic N) is 4. The summed E-state index contributed by atoms with van der Waals surface area (Å²) in [5, 5.41) is 12.8. The first kappa shape index (κ1) is 17.1. The third-order valence-electron chi connectivity index (χ3n) is 4.53. The first-order chi connectivity index (χ1) is 11.6. The lowest BCUT2D eigenvalue weighted by Crippen LogP contribution is -2.43. The number of rotatable bonds is 6. The quantitative estimate of drug-likeness (QED) is 0.845. The summed E-state index contributed by atoms with van der Waals surface area (Å²) in [6.45, 7) is 6.54. The molecule has 3 heterocycles. The second-order valence-electron chi connectivity index (χ2n) is 6.84. The van der Waals surface area contributed by atoms with Crippen molar-refractivity contribution >= 4 is 33.4 Å². The van der Waals surface area contributed by atoms with Gasteiger partial charge >= 0.3 is 0 Å². The highest BCUT2D eigenvalue weighted by atomic mass is 32.1. The van der Waals surface area contributed by atoms with E-state index < -0.39 is 0 Å². The van der Waals surface area contributed by atoms with Crippen molar-refractivity contribution in [3.63, 3.8) is 0 Å². The van der Waals surface area contributed by atoms with E-state index in [0.29, 0.717) is 30.6 Å². The third kappa shape index (κ3) is 3.68. The zero-order valence-corrected chi connectivity index (χ0v) is 15.1. The molecule has 24 heavy (non-hydrogen) atoms. The Morgan fingerprint density at radius 3 is 2.79 bits per heavy atom. The number of carbonyl (C=O) groups is 2. The summed E-state index contributed by atoms with van der Waals surface area (Å²) in [7, 11) is 0. The van der Waals surface area contributed by atoms with E-state index in [4.69, 9.17) is 0 Å². The van der Waals surface area contributed by atoms with Crippen LogP contribution in [0.25, 0.3) is 0 Å². The number of anilines is 2. The second kappa shape index (κ2) is 7.46. The number of hydrogen-bond acceptors (Lipinski definition) is 6. The Morgan fingerprint density at radius 2 is 2.08 bits per heavy atom. The van der Waals surface area contributed by atoms with E-state index in [2.05, 4.69) is 29.4 Å². The van der Waals surface area contributed by atoms with Gasteiger partial charge in [-0.1, -0.05) is 25.2 Å². The van der Waals surface area contributed by atoms with E-state index >= 15 is 0 Å². The van der Waals surface area contributed by atoms with Gasteiger partial charge in [-0.2, -0.15) is 0 Å². The predicted octanol–water partition coefficient (Wildman–Crippen LogP) is 1.80. The van der Waals surface area contributed by atoms with Gasteiger partial charge in [0.1, 0.15) is 6.04 Å². The van der Waals surface area contributed by atoms with Crippen LogP contribution in [0.1, 0.15) is 46.0 Å². The summed E-state index contributed by atoms with van der Waals surface area (Å²) >= 11 is 1.41. The van der Waals surface area contributed by atoms with Gasteiger partial charge in [0.15, 0.2) is 0 Å². The van der Waals surface area contributed by atoms with E-state index in [1.54, 1.807) is 4.90 Å². The molecule has 8 heteroatoms. The molecule has 1 unspecified atom stereocenters. The normalized spacial score (nSPS) is 21.1. The first-order valence-corrected chi connectivity index (χ1v) is 9.56. The number of aromatic nitrogens is 2. The minimum atomic E-state index is -0.174. The smallest absolute Gasteiger partial charge is 0.242 e. The fourth-order valence-corrected chi connectivity index (χ4v) is 4.12. The molecule has 2 aliphatic heterocycles. The largest absolute Gasteiger partial charge is 0.354 e. The van der Waals surface area contributed by atoms with Crippen molar-refractivity contribution < 1.29 is 9.59 Å². The van der Waals surface area contributed by atoms with Crippen LogP contribution in [0.5, 0.6) is 0 Å². The average molecular weight is 351 g/mol. The van der Waals surface area contributed by atoms with Crippen molar-refractivity contribution in [2.45, 2.75) is 52.0 Å². The molecular formula is C16H25N5O2S. The standard InChI is InChI=1S/C16H25N5O2S/c1-11(2)7-8-17-14(23)12-5-3-9-20(12)15-18-19-16(24-15)21-10-4-6-13(21)22/h11-12H,3-10H2,1-2H3,(H,17,23). The summed E-state index contributed by atoms with van der Waals surface area (Å²) in [4.78, 5) is 28.0. The molecular weight excluding hydrogens is 326 g/mol. The van der Waals surface area contributed by atoms with Crippen LogP contribution in [0.4, 0.5) is 10.3 Å². The molecule has 2 aliphatic rings. The molecule has 0 saturated carbocycles. The van der Waals surface area contributed by atoms with Crippen LogP contribution < -0.4 is 15.1 Å². The van der Waals surface area contributed by atoms with Gasteiger partial charge in [0.05, 0.1) is 0 Å². The highest BCUT2D eigenvalue weighted by Gasteiger charge is 2.34. The Morgan fingerprint density at radius 1 is 1.29 bits per heavy atom. The Hall–Kier alpha value is -1.70. The van der Waals surface area contributed by atoms with Gasteiger partial charge in [0, 0.05) is 26.1 Å². The van der Waals surface area contributed by atoms with Gasteiger partial charge in [0.25, 0.3) is 0 Å². The molecule has 1 aromatic heterocycles. The fourth-order valence-electron chi connectivity index (χ4n) is 3.15. The van der Waals surface area contributed by atoms with Crippen LogP contribution in [0.3, 0.4) is 0 Å².